The van der Waals surface area contributed by atoms with Gasteiger partial charge < -0.3 is 14.7 Å². The van der Waals surface area contributed by atoms with Crippen LogP contribution in [0.4, 0.5) is 0 Å². The van der Waals surface area contributed by atoms with E-state index in [9.17, 15) is 4.79 Å². The molecule has 0 saturated heterocycles. The number of hydrogen-bond acceptors (Lipinski definition) is 3. The van der Waals surface area contributed by atoms with Gasteiger partial charge in [-0.3, -0.25) is 4.79 Å². The lowest BCUT2D eigenvalue weighted by Gasteiger charge is -2.21. The van der Waals surface area contributed by atoms with E-state index in [-0.39, 0.29) is 5.91 Å². The summed E-state index contributed by atoms with van der Waals surface area (Å²) < 4.78 is 5.67. The summed E-state index contributed by atoms with van der Waals surface area (Å²) in [7, 11) is 0. The van der Waals surface area contributed by atoms with Gasteiger partial charge in [0, 0.05) is 29.6 Å². The Bertz CT molecular complexity index is 874. The number of carbonyl (C=O) groups excluding carboxylic acids is 1. The molecule has 2 N–H and O–H groups in total. The molecule has 1 aliphatic carbocycles. The predicted molar refractivity (Wildman–Crippen MR) is 92.2 cm³/mol. The van der Waals surface area contributed by atoms with Crippen molar-refractivity contribution in [3.05, 3.63) is 53.4 Å². The van der Waals surface area contributed by atoms with E-state index in [4.69, 9.17) is 4.42 Å². The number of para-hydroxylation sites is 1. The molecule has 0 radical (unpaired) electrons. The molecule has 1 amide bonds. The molecule has 2 heterocycles. The fraction of sp³-hybridized carbons (Fsp3) is 0.368. The van der Waals surface area contributed by atoms with Gasteiger partial charge in [0.05, 0.1) is 0 Å². The molecule has 1 aliphatic rings. The van der Waals surface area contributed by atoms with Crippen LogP contribution in [0.25, 0.3) is 10.9 Å². The number of aromatic nitrogens is 2. The number of benzene rings is 1. The fourth-order valence-electron chi connectivity index (χ4n) is 3.19. The molecule has 0 spiro atoms. The maximum Gasteiger partial charge on any atom is 0.273 e. The zero-order chi connectivity index (χ0) is 16.5. The van der Waals surface area contributed by atoms with Gasteiger partial charge in [0.2, 0.25) is 0 Å². The number of oxazole rings is 1. The van der Waals surface area contributed by atoms with E-state index >= 15 is 0 Å². The minimum atomic E-state index is -0.151. The van der Waals surface area contributed by atoms with Crippen LogP contribution in [-0.2, 0) is 6.42 Å². The summed E-state index contributed by atoms with van der Waals surface area (Å²) in [6.07, 6.45) is 6.23. The van der Waals surface area contributed by atoms with Crippen LogP contribution in [0.2, 0.25) is 0 Å². The standard InChI is InChI=1S/C19H21N3O2/c1-12-17(22-19(24-12)13-5-4-6-13)18(23)20-10-9-14-11-21-16-8-3-2-7-15(14)16/h2-3,7-8,11,13,21H,4-6,9-10H2,1H3,(H,20,23). The summed E-state index contributed by atoms with van der Waals surface area (Å²) in [5, 5.41) is 4.16. The van der Waals surface area contributed by atoms with Crippen molar-refractivity contribution in [2.24, 2.45) is 0 Å². The fourth-order valence-corrected chi connectivity index (χ4v) is 3.19. The first-order chi connectivity index (χ1) is 11.7. The Kier molecular flexibility index (Phi) is 3.84. The number of aromatic amines is 1. The first-order valence-corrected chi connectivity index (χ1v) is 8.53. The van der Waals surface area contributed by atoms with E-state index in [1.54, 1.807) is 0 Å². The van der Waals surface area contributed by atoms with Crippen LogP contribution in [0.3, 0.4) is 0 Å². The summed E-state index contributed by atoms with van der Waals surface area (Å²) in [5.74, 6) is 1.58. The number of nitrogens with one attached hydrogen (secondary N) is 2. The van der Waals surface area contributed by atoms with Gasteiger partial charge in [-0.2, -0.15) is 0 Å². The molecule has 5 nitrogen and oxygen atoms in total. The topological polar surface area (TPSA) is 70.9 Å². The summed E-state index contributed by atoms with van der Waals surface area (Å²) >= 11 is 0. The maximum absolute atomic E-state index is 12.4. The lowest BCUT2D eigenvalue weighted by atomic mass is 9.85. The van der Waals surface area contributed by atoms with E-state index in [2.05, 4.69) is 27.4 Å². The Hall–Kier alpha value is -2.56. The highest BCUT2D eigenvalue weighted by atomic mass is 16.4. The third kappa shape index (κ3) is 2.70. The van der Waals surface area contributed by atoms with Gasteiger partial charge in [-0.1, -0.05) is 24.6 Å². The molecule has 1 aromatic carbocycles. The number of aryl methyl sites for hydroxylation is 1. The van der Waals surface area contributed by atoms with Crippen LogP contribution in [0.1, 0.15) is 52.9 Å². The van der Waals surface area contributed by atoms with Crippen molar-refractivity contribution in [1.29, 1.82) is 0 Å². The lowest BCUT2D eigenvalue weighted by molar-refractivity contribution is 0.0948. The minimum absolute atomic E-state index is 0.151. The Morgan fingerprint density at radius 1 is 1.38 bits per heavy atom. The average molecular weight is 323 g/mol. The van der Waals surface area contributed by atoms with Gasteiger partial charge in [-0.25, -0.2) is 4.98 Å². The van der Waals surface area contributed by atoms with Crippen molar-refractivity contribution < 1.29 is 9.21 Å². The molecule has 0 atom stereocenters. The van der Waals surface area contributed by atoms with Gasteiger partial charge in [-0.15, -0.1) is 0 Å². The number of nitrogens with zero attached hydrogens (tertiary/aromatic N) is 1. The van der Waals surface area contributed by atoms with Crippen LogP contribution in [0.15, 0.2) is 34.9 Å². The highest BCUT2D eigenvalue weighted by Crippen LogP contribution is 2.36. The molecule has 0 bridgehead atoms. The second kappa shape index (κ2) is 6.15. The molecule has 4 rings (SSSR count). The molecule has 5 heteroatoms. The second-order valence-electron chi connectivity index (χ2n) is 6.45. The van der Waals surface area contributed by atoms with E-state index in [1.165, 1.54) is 17.4 Å². The van der Waals surface area contributed by atoms with Crippen molar-refractivity contribution in [2.45, 2.75) is 38.5 Å². The van der Waals surface area contributed by atoms with Crippen LogP contribution >= 0.6 is 0 Å². The van der Waals surface area contributed by atoms with Crippen molar-refractivity contribution in [2.75, 3.05) is 6.54 Å². The third-order valence-electron chi connectivity index (χ3n) is 4.84. The predicted octanol–water partition coefficient (Wildman–Crippen LogP) is 3.70. The first-order valence-electron chi connectivity index (χ1n) is 8.53. The van der Waals surface area contributed by atoms with Crippen molar-refractivity contribution in [3.63, 3.8) is 0 Å². The highest BCUT2D eigenvalue weighted by molar-refractivity contribution is 5.93. The molecule has 2 aromatic heterocycles. The summed E-state index contributed by atoms with van der Waals surface area (Å²) in [5.41, 5.74) is 2.75. The van der Waals surface area contributed by atoms with E-state index < -0.39 is 0 Å². The third-order valence-corrected chi connectivity index (χ3v) is 4.84. The van der Waals surface area contributed by atoms with Gasteiger partial charge in [0.15, 0.2) is 11.6 Å². The van der Waals surface area contributed by atoms with Gasteiger partial charge >= 0.3 is 0 Å². The zero-order valence-electron chi connectivity index (χ0n) is 13.8. The van der Waals surface area contributed by atoms with Gasteiger partial charge in [0.25, 0.3) is 5.91 Å². The largest absolute Gasteiger partial charge is 0.445 e. The molecule has 0 aliphatic heterocycles. The van der Waals surface area contributed by atoms with Gasteiger partial charge in [-0.05, 0) is 37.8 Å². The van der Waals surface area contributed by atoms with Crippen molar-refractivity contribution in [1.82, 2.24) is 15.3 Å². The van der Waals surface area contributed by atoms with Crippen LogP contribution < -0.4 is 5.32 Å². The number of rotatable bonds is 5. The molecule has 124 valence electrons. The first kappa shape index (κ1) is 15.0. The molecule has 1 fully saturated rings. The Morgan fingerprint density at radius 3 is 3.00 bits per heavy atom. The number of hydrogen-bond donors (Lipinski definition) is 2. The molecule has 1 saturated carbocycles. The Labute approximate surface area is 140 Å². The molecule has 24 heavy (non-hydrogen) atoms. The number of amides is 1. The summed E-state index contributed by atoms with van der Waals surface area (Å²) in [6, 6.07) is 8.18. The van der Waals surface area contributed by atoms with Gasteiger partial charge in [0.1, 0.15) is 5.76 Å². The average Bonchev–Trinajstić information content (AvgIpc) is 3.10. The van der Waals surface area contributed by atoms with E-state index in [1.807, 2.05) is 25.3 Å². The quantitative estimate of drug-likeness (QED) is 0.752. The second-order valence-corrected chi connectivity index (χ2v) is 6.45. The van der Waals surface area contributed by atoms with Crippen LogP contribution in [0, 0.1) is 6.92 Å². The summed E-state index contributed by atoms with van der Waals surface area (Å²) in [6.45, 7) is 2.38. The normalized spacial score (nSPS) is 14.7. The Balaban J connectivity index is 1.39. The number of H-pyrrole nitrogens is 1. The molecule has 3 aromatic rings. The zero-order valence-corrected chi connectivity index (χ0v) is 13.8. The highest BCUT2D eigenvalue weighted by Gasteiger charge is 2.27. The van der Waals surface area contributed by atoms with Crippen LogP contribution in [0.5, 0.6) is 0 Å². The molecular weight excluding hydrogens is 302 g/mol. The minimum Gasteiger partial charge on any atom is -0.445 e. The van der Waals surface area contributed by atoms with Crippen molar-refractivity contribution in [3.8, 4) is 0 Å². The smallest absolute Gasteiger partial charge is 0.273 e. The van der Waals surface area contributed by atoms with E-state index in [0.29, 0.717) is 23.9 Å². The maximum atomic E-state index is 12.4. The Morgan fingerprint density at radius 2 is 2.21 bits per heavy atom. The van der Waals surface area contributed by atoms with E-state index in [0.717, 1.165) is 30.7 Å². The monoisotopic (exact) mass is 323 g/mol. The number of carbonyl (C=O) groups is 1. The molecular formula is C19H21N3O2. The van der Waals surface area contributed by atoms with Crippen LogP contribution in [-0.4, -0.2) is 22.4 Å². The summed E-state index contributed by atoms with van der Waals surface area (Å²) in [4.78, 5) is 20.0. The number of fused-ring (bicyclic) bond motifs is 1. The lowest BCUT2D eigenvalue weighted by Crippen LogP contribution is -2.26. The molecule has 0 unspecified atom stereocenters. The SMILES string of the molecule is Cc1oc(C2CCC2)nc1C(=O)NCCc1c[nH]c2ccccc12. The van der Waals surface area contributed by atoms with Crippen molar-refractivity contribution >= 4 is 16.8 Å².